The summed E-state index contributed by atoms with van der Waals surface area (Å²) >= 11 is 1.72. The molecule has 0 aliphatic rings. The predicted molar refractivity (Wildman–Crippen MR) is 103 cm³/mol. The number of amides is 1. The van der Waals surface area contributed by atoms with Gasteiger partial charge in [0, 0.05) is 29.3 Å². The van der Waals surface area contributed by atoms with E-state index in [0.29, 0.717) is 24.5 Å². The maximum absolute atomic E-state index is 13.0. The number of rotatable bonds is 7. The lowest BCUT2D eigenvalue weighted by atomic mass is 10.1. The molecule has 1 heterocycles. The van der Waals surface area contributed by atoms with Crippen molar-refractivity contribution in [2.45, 2.75) is 11.8 Å². The monoisotopic (exact) mass is 369 g/mol. The van der Waals surface area contributed by atoms with Crippen LogP contribution in [0.1, 0.15) is 17.4 Å². The second-order valence-electron chi connectivity index (χ2n) is 5.72. The number of hydrogen-bond donors (Lipinski definition) is 1. The Morgan fingerprint density at radius 3 is 2.58 bits per heavy atom. The summed E-state index contributed by atoms with van der Waals surface area (Å²) in [4.78, 5) is 15.7. The first-order valence-electron chi connectivity index (χ1n) is 8.46. The molecule has 134 valence electrons. The quantitative estimate of drug-likeness (QED) is 0.625. The molecular weight excluding hydrogens is 349 g/mol. The van der Waals surface area contributed by atoms with Crippen molar-refractivity contribution in [1.29, 1.82) is 0 Å². The van der Waals surface area contributed by atoms with E-state index in [1.807, 2.05) is 25.1 Å². The second kappa shape index (κ2) is 8.67. The highest BCUT2D eigenvalue weighted by Gasteiger charge is 2.17. The number of nitrogens with zero attached hydrogens (tertiary/aromatic N) is 2. The van der Waals surface area contributed by atoms with Gasteiger partial charge in [-0.3, -0.25) is 9.89 Å². The zero-order chi connectivity index (χ0) is 18.4. The molecule has 3 rings (SSSR count). The first-order valence-corrected chi connectivity index (χ1v) is 9.44. The molecule has 0 atom stereocenters. The Labute approximate surface area is 156 Å². The fraction of sp³-hybridized carbons (Fsp3) is 0.200. The number of halogens is 1. The molecule has 0 aliphatic carbocycles. The van der Waals surface area contributed by atoms with Crippen LogP contribution in [0.4, 0.5) is 4.39 Å². The average Bonchev–Trinajstić information content (AvgIpc) is 3.16. The Bertz CT molecular complexity index is 849. The average molecular weight is 369 g/mol. The minimum Gasteiger partial charge on any atom is -0.337 e. The van der Waals surface area contributed by atoms with Crippen molar-refractivity contribution in [2.24, 2.45) is 0 Å². The summed E-state index contributed by atoms with van der Waals surface area (Å²) in [5.41, 5.74) is 1.84. The van der Waals surface area contributed by atoms with Gasteiger partial charge in [-0.05, 0) is 49.4 Å². The van der Waals surface area contributed by atoms with Crippen LogP contribution in [0.2, 0.25) is 0 Å². The molecule has 1 aromatic heterocycles. The Kier molecular flexibility index (Phi) is 6.07. The SMILES string of the molecule is CCN(CCSc1ccccc1)C(=O)c1cc(-c2ccc(F)cc2)n[nH]1. The van der Waals surface area contributed by atoms with Gasteiger partial charge in [0.25, 0.3) is 5.91 Å². The summed E-state index contributed by atoms with van der Waals surface area (Å²) in [7, 11) is 0. The smallest absolute Gasteiger partial charge is 0.271 e. The molecule has 0 saturated carbocycles. The summed E-state index contributed by atoms with van der Waals surface area (Å²) in [5, 5.41) is 6.98. The van der Waals surface area contributed by atoms with Crippen LogP contribution in [0.3, 0.4) is 0 Å². The van der Waals surface area contributed by atoms with Crippen LogP contribution in [0.25, 0.3) is 11.3 Å². The van der Waals surface area contributed by atoms with Gasteiger partial charge in [-0.15, -0.1) is 11.8 Å². The highest BCUT2D eigenvalue weighted by molar-refractivity contribution is 7.99. The van der Waals surface area contributed by atoms with Crippen LogP contribution >= 0.6 is 11.8 Å². The third kappa shape index (κ3) is 4.52. The van der Waals surface area contributed by atoms with Gasteiger partial charge in [-0.2, -0.15) is 5.10 Å². The van der Waals surface area contributed by atoms with Gasteiger partial charge in [0.1, 0.15) is 11.5 Å². The van der Waals surface area contributed by atoms with E-state index in [2.05, 4.69) is 22.3 Å². The van der Waals surface area contributed by atoms with Gasteiger partial charge >= 0.3 is 0 Å². The Hall–Kier alpha value is -2.60. The summed E-state index contributed by atoms with van der Waals surface area (Å²) in [6.07, 6.45) is 0. The highest BCUT2D eigenvalue weighted by atomic mass is 32.2. The van der Waals surface area contributed by atoms with Crippen LogP contribution in [0.15, 0.2) is 65.6 Å². The molecular formula is C20H20FN3OS. The zero-order valence-electron chi connectivity index (χ0n) is 14.5. The van der Waals surface area contributed by atoms with Gasteiger partial charge in [0.05, 0.1) is 5.69 Å². The molecule has 3 aromatic rings. The molecule has 1 amide bonds. The van der Waals surface area contributed by atoms with Crippen LogP contribution in [0.5, 0.6) is 0 Å². The molecule has 0 fully saturated rings. The first kappa shape index (κ1) is 18.2. The maximum atomic E-state index is 13.0. The molecule has 0 aliphatic heterocycles. The lowest BCUT2D eigenvalue weighted by Crippen LogP contribution is -2.33. The number of hydrogen-bond acceptors (Lipinski definition) is 3. The molecule has 0 saturated heterocycles. The molecule has 0 spiro atoms. The van der Waals surface area contributed by atoms with E-state index in [1.54, 1.807) is 34.9 Å². The summed E-state index contributed by atoms with van der Waals surface area (Å²) in [6.45, 7) is 3.24. The number of benzene rings is 2. The molecule has 1 N–H and O–H groups in total. The summed E-state index contributed by atoms with van der Waals surface area (Å²) in [6, 6.07) is 17.9. The molecule has 0 radical (unpaired) electrons. The summed E-state index contributed by atoms with van der Waals surface area (Å²) < 4.78 is 13.0. The van der Waals surface area contributed by atoms with Crippen molar-refractivity contribution in [2.75, 3.05) is 18.8 Å². The lowest BCUT2D eigenvalue weighted by Gasteiger charge is -2.19. The standard InChI is InChI=1S/C20H20FN3OS/c1-2-24(12-13-26-17-6-4-3-5-7-17)20(25)19-14-18(22-23-19)15-8-10-16(21)11-9-15/h3-11,14H,2,12-13H2,1H3,(H,22,23). The molecule has 4 nitrogen and oxygen atoms in total. The van der Waals surface area contributed by atoms with E-state index in [-0.39, 0.29) is 11.7 Å². The highest BCUT2D eigenvalue weighted by Crippen LogP contribution is 2.20. The number of aromatic nitrogens is 2. The molecule has 26 heavy (non-hydrogen) atoms. The number of thioether (sulfide) groups is 1. The Morgan fingerprint density at radius 1 is 1.15 bits per heavy atom. The van der Waals surface area contributed by atoms with Crippen molar-refractivity contribution >= 4 is 17.7 Å². The largest absolute Gasteiger partial charge is 0.337 e. The van der Waals surface area contributed by atoms with E-state index in [9.17, 15) is 9.18 Å². The fourth-order valence-corrected chi connectivity index (χ4v) is 3.46. The molecule has 6 heteroatoms. The van der Waals surface area contributed by atoms with E-state index < -0.39 is 0 Å². The second-order valence-corrected chi connectivity index (χ2v) is 6.89. The van der Waals surface area contributed by atoms with Crippen LogP contribution < -0.4 is 0 Å². The van der Waals surface area contributed by atoms with Crippen molar-refractivity contribution in [1.82, 2.24) is 15.1 Å². The van der Waals surface area contributed by atoms with Crippen molar-refractivity contribution in [3.05, 3.63) is 72.2 Å². The van der Waals surface area contributed by atoms with Crippen LogP contribution in [0, 0.1) is 5.82 Å². The third-order valence-electron chi connectivity index (χ3n) is 3.99. The number of carbonyl (C=O) groups excluding carboxylic acids is 1. The first-order chi connectivity index (χ1) is 12.7. The maximum Gasteiger partial charge on any atom is 0.271 e. The number of carbonyl (C=O) groups is 1. The van der Waals surface area contributed by atoms with Crippen molar-refractivity contribution in [3.63, 3.8) is 0 Å². The van der Waals surface area contributed by atoms with Gasteiger partial charge in [0.15, 0.2) is 0 Å². The normalized spacial score (nSPS) is 10.7. The van der Waals surface area contributed by atoms with Crippen molar-refractivity contribution in [3.8, 4) is 11.3 Å². The van der Waals surface area contributed by atoms with Crippen LogP contribution in [-0.2, 0) is 0 Å². The van der Waals surface area contributed by atoms with E-state index in [1.165, 1.54) is 17.0 Å². The van der Waals surface area contributed by atoms with Crippen LogP contribution in [-0.4, -0.2) is 39.8 Å². The lowest BCUT2D eigenvalue weighted by molar-refractivity contribution is 0.0768. The van der Waals surface area contributed by atoms with E-state index >= 15 is 0 Å². The molecule has 0 bridgehead atoms. The third-order valence-corrected chi connectivity index (χ3v) is 4.98. The molecule has 2 aromatic carbocycles. The van der Waals surface area contributed by atoms with E-state index in [4.69, 9.17) is 0 Å². The van der Waals surface area contributed by atoms with Gasteiger partial charge in [-0.1, -0.05) is 18.2 Å². The number of aromatic amines is 1. The zero-order valence-corrected chi connectivity index (χ0v) is 15.3. The predicted octanol–water partition coefficient (Wildman–Crippen LogP) is 4.47. The fourth-order valence-electron chi connectivity index (χ4n) is 2.56. The number of H-pyrrole nitrogens is 1. The topological polar surface area (TPSA) is 49.0 Å². The number of nitrogens with one attached hydrogen (secondary N) is 1. The summed E-state index contributed by atoms with van der Waals surface area (Å²) in [5.74, 6) is 0.443. The Balaban J connectivity index is 1.62. The minimum absolute atomic E-state index is 0.0815. The minimum atomic E-state index is -0.298. The van der Waals surface area contributed by atoms with Gasteiger partial charge in [-0.25, -0.2) is 4.39 Å². The Morgan fingerprint density at radius 2 is 1.88 bits per heavy atom. The van der Waals surface area contributed by atoms with E-state index in [0.717, 1.165) is 11.3 Å². The molecule has 0 unspecified atom stereocenters. The van der Waals surface area contributed by atoms with Gasteiger partial charge in [0.2, 0.25) is 0 Å². The van der Waals surface area contributed by atoms with Gasteiger partial charge < -0.3 is 4.90 Å². The van der Waals surface area contributed by atoms with Crippen molar-refractivity contribution < 1.29 is 9.18 Å².